The van der Waals surface area contributed by atoms with Crippen molar-refractivity contribution in [2.75, 3.05) is 33.4 Å². The number of carbonyl (C=O) groups is 2. The van der Waals surface area contributed by atoms with Crippen LogP contribution in [-0.2, 0) is 25.5 Å². The highest BCUT2D eigenvalue weighted by Crippen LogP contribution is 2.13. The quantitative estimate of drug-likeness (QED) is 0.421. The highest BCUT2D eigenvalue weighted by molar-refractivity contribution is 5.79. The normalized spacial score (nSPS) is 10.7. The van der Waals surface area contributed by atoms with E-state index < -0.39 is 0 Å². The summed E-state index contributed by atoms with van der Waals surface area (Å²) in [6.07, 6.45) is 1.39. The van der Waals surface area contributed by atoms with Gasteiger partial charge in [0.1, 0.15) is 5.75 Å². The summed E-state index contributed by atoms with van der Waals surface area (Å²) in [4.78, 5) is 26.0. The Bertz CT molecular complexity index is 542. The van der Waals surface area contributed by atoms with Gasteiger partial charge in [0.15, 0.2) is 0 Å². The van der Waals surface area contributed by atoms with Gasteiger partial charge in [0, 0.05) is 19.7 Å². The van der Waals surface area contributed by atoms with Crippen LogP contribution in [0.3, 0.4) is 0 Å². The Morgan fingerprint density at radius 1 is 1.12 bits per heavy atom. The molecule has 26 heavy (non-hydrogen) atoms. The molecule has 6 nitrogen and oxygen atoms in total. The van der Waals surface area contributed by atoms with Crippen molar-refractivity contribution in [3.05, 3.63) is 29.8 Å². The van der Waals surface area contributed by atoms with E-state index in [0.29, 0.717) is 26.3 Å². The second-order valence-electron chi connectivity index (χ2n) is 6.23. The number of carbonyl (C=O) groups excluding carboxylic acids is 2. The van der Waals surface area contributed by atoms with Gasteiger partial charge in [-0.3, -0.25) is 9.59 Å². The van der Waals surface area contributed by atoms with E-state index in [1.54, 1.807) is 18.9 Å². The third-order valence-corrected chi connectivity index (χ3v) is 3.78. The Balaban J connectivity index is 2.61. The van der Waals surface area contributed by atoms with Crippen LogP contribution in [0.1, 0.15) is 39.2 Å². The smallest absolute Gasteiger partial charge is 0.307 e. The van der Waals surface area contributed by atoms with Crippen molar-refractivity contribution in [3.8, 4) is 5.75 Å². The van der Waals surface area contributed by atoms with Crippen molar-refractivity contribution in [1.82, 2.24) is 4.90 Å². The molecule has 0 atom stereocenters. The van der Waals surface area contributed by atoms with Gasteiger partial charge in [-0.15, -0.1) is 0 Å². The monoisotopic (exact) mass is 365 g/mol. The lowest BCUT2D eigenvalue weighted by atomic mass is 10.1. The SMILES string of the molecule is CCOC(=O)CCN(CCCOC(C)C)C(=O)Cc1ccc(OC)cc1. The molecule has 0 aromatic heterocycles. The van der Waals surface area contributed by atoms with Gasteiger partial charge in [-0.2, -0.15) is 0 Å². The van der Waals surface area contributed by atoms with Gasteiger partial charge >= 0.3 is 5.97 Å². The molecule has 0 bridgehead atoms. The highest BCUT2D eigenvalue weighted by atomic mass is 16.5. The topological polar surface area (TPSA) is 65.1 Å². The lowest BCUT2D eigenvalue weighted by molar-refractivity contribution is -0.144. The molecule has 0 saturated heterocycles. The third kappa shape index (κ3) is 8.85. The molecule has 1 aromatic rings. The van der Waals surface area contributed by atoms with Crippen LogP contribution in [0.4, 0.5) is 0 Å². The van der Waals surface area contributed by atoms with Crippen LogP contribution in [0.5, 0.6) is 5.75 Å². The Morgan fingerprint density at radius 2 is 1.81 bits per heavy atom. The van der Waals surface area contributed by atoms with Gasteiger partial charge in [0.2, 0.25) is 5.91 Å². The van der Waals surface area contributed by atoms with Gasteiger partial charge in [0.25, 0.3) is 0 Å². The van der Waals surface area contributed by atoms with Gasteiger partial charge in [-0.05, 0) is 44.9 Å². The maximum absolute atomic E-state index is 12.7. The fourth-order valence-electron chi connectivity index (χ4n) is 2.42. The summed E-state index contributed by atoms with van der Waals surface area (Å²) in [6.45, 7) is 7.58. The summed E-state index contributed by atoms with van der Waals surface area (Å²) in [5, 5.41) is 0. The van der Waals surface area contributed by atoms with Gasteiger partial charge < -0.3 is 19.1 Å². The molecule has 0 aliphatic heterocycles. The van der Waals surface area contributed by atoms with Gasteiger partial charge in [-0.1, -0.05) is 12.1 Å². The summed E-state index contributed by atoms with van der Waals surface area (Å²) >= 11 is 0. The molecule has 0 fully saturated rings. The molecule has 1 aromatic carbocycles. The van der Waals surface area contributed by atoms with E-state index in [2.05, 4.69) is 0 Å². The van der Waals surface area contributed by atoms with Crippen LogP contribution in [-0.4, -0.2) is 56.3 Å². The van der Waals surface area contributed by atoms with Crippen LogP contribution in [0.2, 0.25) is 0 Å². The third-order valence-electron chi connectivity index (χ3n) is 3.78. The van der Waals surface area contributed by atoms with Crippen molar-refractivity contribution >= 4 is 11.9 Å². The van der Waals surface area contributed by atoms with E-state index >= 15 is 0 Å². The van der Waals surface area contributed by atoms with E-state index in [0.717, 1.165) is 17.7 Å². The molecule has 1 amide bonds. The summed E-state index contributed by atoms with van der Waals surface area (Å²) in [5.74, 6) is 0.461. The number of nitrogens with zero attached hydrogens (tertiary/aromatic N) is 1. The van der Waals surface area contributed by atoms with Crippen LogP contribution in [0.15, 0.2) is 24.3 Å². The van der Waals surface area contributed by atoms with Crippen molar-refractivity contribution < 1.29 is 23.8 Å². The number of methoxy groups -OCH3 is 1. The average molecular weight is 365 g/mol. The second kappa shape index (κ2) is 12.3. The van der Waals surface area contributed by atoms with Gasteiger partial charge in [0.05, 0.1) is 32.7 Å². The van der Waals surface area contributed by atoms with Crippen LogP contribution in [0.25, 0.3) is 0 Å². The Hall–Kier alpha value is -2.08. The molecule has 0 saturated carbocycles. The summed E-state index contributed by atoms with van der Waals surface area (Å²) in [6, 6.07) is 7.42. The number of esters is 1. The molecule has 0 N–H and O–H groups in total. The summed E-state index contributed by atoms with van der Waals surface area (Å²) in [7, 11) is 1.61. The minimum absolute atomic E-state index is 0.0102. The van der Waals surface area contributed by atoms with Crippen molar-refractivity contribution in [2.45, 2.75) is 46.1 Å². The standard InChI is InChI=1S/C20H31NO5/c1-5-25-20(23)11-13-21(12-6-14-26-16(2)3)19(22)15-17-7-9-18(24-4)10-8-17/h7-10,16H,5-6,11-15H2,1-4H3. The van der Waals surface area contributed by atoms with E-state index in [1.165, 1.54) is 0 Å². The maximum Gasteiger partial charge on any atom is 0.307 e. The fraction of sp³-hybridized carbons (Fsp3) is 0.600. The summed E-state index contributed by atoms with van der Waals surface area (Å²) in [5.41, 5.74) is 0.912. The second-order valence-corrected chi connectivity index (χ2v) is 6.23. The zero-order chi connectivity index (χ0) is 19.4. The van der Waals surface area contributed by atoms with Gasteiger partial charge in [-0.25, -0.2) is 0 Å². The molecule has 0 aliphatic rings. The molecule has 0 radical (unpaired) electrons. The largest absolute Gasteiger partial charge is 0.497 e. The Morgan fingerprint density at radius 3 is 2.38 bits per heavy atom. The number of benzene rings is 1. The lowest BCUT2D eigenvalue weighted by Crippen LogP contribution is -2.35. The number of ether oxygens (including phenoxy) is 3. The average Bonchev–Trinajstić information content (AvgIpc) is 2.61. The Kier molecular flexibility index (Phi) is 10.4. The first kappa shape index (κ1) is 22.0. The highest BCUT2D eigenvalue weighted by Gasteiger charge is 2.16. The first-order valence-electron chi connectivity index (χ1n) is 9.14. The van der Waals surface area contributed by atoms with Crippen LogP contribution in [0, 0.1) is 0 Å². The Labute approximate surface area is 156 Å². The molecular weight excluding hydrogens is 334 g/mol. The molecule has 146 valence electrons. The number of hydrogen-bond acceptors (Lipinski definition) is 5. The predicted molar refractivity (Wildman–Crippen MR) is 100 cm³/mol. The van der Waals surface area contributed by atoms with E-state index in [4.69, 9.17) is 14.2 Å². The molecule has 0 heterocycles. The zero-order valence-corrected chi connectivity index (χ0v) is 16.3. The van der Waals surface area contributed by atoms with Crippen LogP contribution < -0.4 is 4.74 Å². The van der Waals surface area contributed by atoms with Crippen molar-refractivity contribution in [2.24, 2.45) is 0 Å². The van der Waals surface area contributed by atoms with Crippen molar-refractivity contribution in [3.63, 3.8) is 0 Å². The van der Waals surface area contributed by atoms with E-state index in [9.17, 15) is 9.59 Å². The molecule has 0 spiro atoms. The number of amides is 1. The van der Waals surface area contributed by atoms with Crippen molar-refractivity contribution in [1.29, 1.82) is 0 Å². The maximum atomic E-state index is 12.7. The fourth-order valence-corrected chi connectivity index (χ4v) is 2.42. The zero-order valence-electron chi connectivity index (χ0n) is 16.3. The molecular formula is C20H31NO5. The first-order chi connectivity index (χ1) is 12.5. The number of rotatable bonds is 12. The molecule has 0 aliphatic carbocycles. The number of hydrogen-bond donors (Lipinski definition) is 0. The molecule has 1 rings (SSSR count). The predicted octanol–water partition coefficient (Wildman–Crippen LogP) is 2.83. The first-order valence-corrected chi connectivity index (χ1v) is 9.14. The van der Waals surface area contributed by atoms with E-state index in [-0.39, 0.29) is 30.8 Å². The van der Waals surface area contributed by atoms with E-state index in [1.807, 2.05) is 38.1 Å². The minimum atomic E-state index is -0.284. The minimum Gasteiger partial charge on any atom is -0.497 e. The molecule has 6 heteroatoms. The van der Waals surface area contributed by atoms with Crippen LogP contribution >= 0.6 is 0 Å². The summed E-state index contributed by atoms with van der Waals surface area (Å²) < 4.78 is 15.6. The molecule has 0 unspecified atom stereocenters. The lowest BCUT2D eigenvalue weighted by Gasteiger charge is -2.23.